The average molecular weight is 348 g/mol. The number of carbonyl (C=O) groups excluding carboxylic acids is 1. The van der Waals surface area contributed by atoms with E-state index in [1.807, 2.05) is 48.7 Å². The van der Waals surface area contributed by atoms with Crippen LogP contribution in [0.1, 0.15) is 0 Å². The summed E-state index contributed by atoms with van der Waals surface area (Å²) in [5.41, 5.74) is 0.894. The minimum Gasteiger partial charge on any atom is -0.321 e. The Morgan fingerprint density at radius 2 is 1.77 bits per heavy atom. The van der Waals surface area contributed by atoms with Crippen molar-refractivity contribution in [3.63, 3.8) is 0 Å². The molecule has 1 aromatic heterocycles. The monoisotopic (exact) mass is 348 g/mol. The van der Waals surface area contributed by atoms with Gasteiger partial charge in [-0.25, -0.2) is 4.98 Å². The average Bonchev–Trinajstić information content (AvgIpc) is 2.69. The molecule has 1 fully saturated rings. The number of nitrogens with one attached hydrogen (secondary N) is 3. The van der Waals surface area contributed by atoms with Crippen LogP contribution in [0.4, 0.5) is 11.5 Å². The molecule has 26 heavy (non-hydrogen) atoms. The molecule has 0 atom stereocenters. The zero-order chi connectivity index (χ0) is 17.8. The van der Waals surface area contributed by atoms with Crippen molar-refractivity contribution >= 4 is 28.2 Å². The van der Waals surface area contributed by atoms with Gasteiger partial charge in [-0.15, -0.1) is 0 Å². The Labute approximate surface area is 153 Å². The number of pyridine rings is 1. The summed E-state index contributed by atoms with van der Waals surface area (Å²) in [5.74, 6) is 1.22. The number of nitrogens with zero attached hydrogens (tertiary/aromatic N) is 1. The Hall–Kier alpha value is -2.92. The Balaban J connectivity index is 1.34. The van der Waals surface area contributed by atoms with Gasteiger partial charge in [0, 0.05) is 17.1 Å². The molecular weight excluding hydrogens is 324 g/mol. The van der Waals surface area contributed by atoms with Crippen LogP contribution < -0.4 is 20.1 Å². The number of piperazine rings is 1. The number of hydrogen-bond acceptors (Lipinski definition) is 2. The SMILES string of the molecule is O=C(C[NH+]1CCN(c2cccc[nH+]2)CC1)Nc1cccc2ccccc12. The number of quaternary nitrogens is 1. The third-order valence-electron chi connectivity index (χ3n) is 4.98. The summed E-state index contributed by atoms with van der Waals surface area (Å²) in [7, 11) is 0. The fourth-order valence-electron chi connectivity index (χ4n) is 3.58. The molecule has 0 spiro atoms. The number of aromatic nitrogens is 1. The van der Waals surface area contributed by atoms with E-state index in [2.05, 4.69) is 33.4 Å². The van der Waals surface area contributed by atoms with Gasteiger partial charge in [-0.2, -0.15) is 0 Å². The zero-order valence-electron chi connectivity index (χ0n) is 14.7. The molecule has 0 aliphatic carbocycles. The van der Waals surface area contributed by atoms with E-state index in [0.29, 0.717) is 6.54 Å². The van der Waals surface area contributed by atoms with Crippen LogP contribution >= 0.6 is 0 Å². The maximum Gasteiger partial charge on any atom is 0.279 e. The van der Waals surface area contributed by atoms with E-state index in [0.717, 1.165) is 48.5 Å². The van der Waals surface area contributed by atoms with E-state index >= 15 is 0 Å². The molecule has 5 nitrogen and oxygen atoms in total. The molecule has 3 N–H and O–H groups in total. The predicted molar refractivity (Wildman–Crippen MR) is 103 cm³/mol. The molecule has 1 amide bonds. The lowest BCUT2D eigenvalue weighted by molar-refractivity contribution is -0.892. The first-order valence-electron chi connectivity index (χ1n) is 9.12. The molecule has 1 saturated heterocycles. The van der Waals surface area contributed by atoms with Gasteiger partial charge >= 0.3 is 0 Å². The lowest BCUT2D eigenvalue weighted by Crippen LogP contribution is -3.15. The Morgan fingerprint density at radius 1 is 1.00 bits per heavy atom. The van der Waals surface area contributed by atoms with Crippen molar-refractivity contribution in [2.75, 3.05) is 42.9 Å². The smallest absolute Gasteiger partial charge is 0.279 e. The molecule has 0 unspecified atom stereocenters. The van der Waals surface area contributed by atoms with Crippen molar-refractivity contribution in [1.29, 1.82) is 0 Å². The van der Waals surface area contributed by atoms with E-state index in [4.69, 9.17) is 0 Å². The largest absolute Gasteiger partial charge is 0.321 e. The molecule has 0 saturated carbocycles. The standard InChI is InChI=1S/C21H22N4O/c26-21(23-19-9-5-7-17-6-1-2-8-18(17)19)16-24-12-14-25(15-13-24)20-10-3-4-11-22-20/h1-11H,12-16H2,(H,23,26)/p+2. The van der Waals surface area contributed by atoms with Crippen LogP contribution in [0, 0.1) is 0 Å². The molecule has 5 heteroatoms. The summed E-state index contributed by atoms with van der Waals surface area (Å²) in [6.45, 7) is 4.35. The highest BCUT2D eigenvalue weighted by Crippen LogP contribution is 2.22. The number of hydrogen-bond donors (Lipinski definition) is 2. The number of carbonyl (C=O) groups is 1. The molecule has 3 aromatic rings. The van der Waals surface area contributed by atoms with Crippen molar-refractivity contribution in [3.8, 4) is 0 Å². The highest BCUT2D eigenvalue weighted by molar-refractivity contribution is 6.02. The van der Waals surface area contributed by atoms with Gasteiger partial charge in [0.25, 0.3) is 11.7 Å². The minimum atomic E-state index is 0.0797. The highest BCUT2D eigenvalue weighted by Gasteiger charge is 2.27. The number of aromatic amines is 1. The van der Waals surface area contributed by atoms with E-state index < -0.39 is 0 Å². The fraction of sp³-hybridized carbons (Fsp3) is 0.238. The van der Waals surface area contributed by atoms with Gasteiger partial charge in [-0.1, -0.05) is 42.5 Å². The second kappa shape index (κ2) is 7.54. The van der Waals surface area contributed by atoms with Crippen LogP contribution in [0.3, 0.4) is 0 Å². The molecule has 1 aliphatic heterocycles. The first-order chi connectivity index (χ1) is 12.8. The molecule has 132 valence electrons. The third-order valence-corrected chi connectivity index (χ3v) is 4.98. The summed E-state index contributed by atoms with van der Waals surface area (Å²) in [4.78, 5) is 19.5. The Kier molecular flexibility index (Phi) is 4.80. The van der Waals surface area contributed by atoms with Gasteiger partial charge < -0.3 is 10.2 Å². The van der Waals surface area contributed by atoms with Crippen molar-refractivity contribution in [1.82, 2.24) is 0 Å². The summed E-state index contributed by atoms with van der Waals surface area (Å²) >= 11 is 0. The lowest BCUT2D eigenvalue weighted by Gasteiger charge is -2.27. The molecular formula is C21H24N4O+2. The summed E-state index contributed by atoms with van der Waals surface area (Å²) < 4.78 is 0. The quantitative estimate of drug-likeness (QED) is 0.739. The van der Waals surface area contributed by atoms with Gasteiger partial charge in [-0.3, -0.25) is 9.69 Å². The van der Waals surface area contributed by atoms with Gasteiger partial charge in [-0.05, 0) is 17.5 Å². The molecule has 4 rings (SSSR count). The van der Waals surface area contributed by atoms with Crippen LogP contribution in [-0.4, -0.2) is 38.6 Å². The van der Waals surface area contributed by atoms with Crippen LogP contribution in [-0.2, 0) is 4.79 Å². The van der Waals surface area contributed by atoms with Crippen LogP contribution in [0.2, 0.25) is 0 Å². The van der Waals surface area contributed by atoms with Crippen molar-refractivity contribution in [2.45, 2.75) is 0 Å². The third kappa shape index (κ3) is 3.68. The molecule has 0 bridgehead atoms. The predicted octanol–water partition coefficient (Wildman–Crippen LogP) is 0.998. The number of amides is 1. The molecule has 2 heterocycles. The minimum absolute atomic E-state index is 0.0797. The Morgan fingerprint density at radius 3 is 2.58 bits per heavy atom. The number of rotatable bonds is 4. The molecule has 0 radical (unpaired) electrons. The number of H-pyrrole nitrogens is 1. The topological polar surface area (TPSA) is 50.9 Å². The van der Waals surface area contributed by atoms with Crippen LogP contribution in [0.15, 0.2) is 66.9 Å². The van der Waals surface area contributed by atoms with Crippen molar-refractivity contribution in [3.05, 3.63) is 66.9 Å². The van der Waals surface area contributed by atoms with Gasteiger partial charge in [0.15, 0.2) is 6.54 Å². The highest BCUT2D eigenvalue weighted by atomic mass is 16.2. The van der Waals surface area contributed by atoms with Crippen molar-refractivity contribution < 1.29 is 14.7 Å². The van der Waals surface area contributed by atoms with E-state index in [9.17, 15) is 4.79 Å². The van der Waals surface area contributed by atoms with Crippen LogP contribution in [0.5, 0.6) is 0 Å². The second-order valence-corrected chi connectivity index (χ2v) is 6.74. The number of benzene rings is 2. The van der Waals surface area contributed by atoms with Crippen LogP contribution in [0.25, 0.3) is 10.8 Å². The van der Waals surface area contributed by atoms with Gasteiger partial charge in [0.1, 0.15) is 26.2 Å². The Bertz CT molecular complexity index is 883. The number of fused-ring (bicyclic) bond motifs is 1. The normalized spacial score (nSPS) is 15.2. The fourth-order valence-corrected chi connectivity index (χ4v) is 3.58. The zero-order valence-corrected chi connectivity index (χ0v) is 14.7. The first-order valence-corrected chi connectivity index (χ1v) is 9.12. The lowest BCUT2D eigenvalue weighted by atomic mass is 10.1. The second-order valence-electron chi connectivity index (χ2n) is 6.74. The van der Waals surface area contributed by atoms with E-state index in [-0.39, 0.29) is 5.91 Å². The summed E-state index contributed by atoms with van der Waals surface area (Å²) in [6.07, 6.45) is 1.95. The maximum atomic E-state index is 12.5. The van der Waals surface area contributed by atoms with Gasteiger partial charge in [0.2, 0.25) is 0 Å². The van der Waals surface area contributed by atoms with Gasteiger partial charge in [0.05, 0.1) is 6.20 Å². The first kappa shape index (κ1) is 16.5. The molecule has 2 aromatic carbocycles. The summed E-state index contributed by atoms with van der Waals surface area (Å²) in [5, 5.41) is 5.33. The van der Waals surface area contributed by atoms with E-state index in [1.54, 1.807) is 0 Å². The maximum absolute atomic E-state index is 12.5. The van der Waals surface area contributed by atoms with Crippen molar-refractivity contribution in [2.24, 2.45) is 0 Å². The molecule has 1 aliphatic rings. The number of anilines is 2. The summed E-state index contributed by atoms with van der Waals surface area (Å²) in [6, 6.07) is 20.3. The van der Waals surface area contributed by atoms with E-state index in [1.165, 1.54) is 4.90 Å².